The van der Waals surface area contributed by atoms with E-state index in [1.807, 2.05) is 0 Å². The Balaban J connectivity index is 2.31. The van der Waals surface area contributed by atoms with Crippen LogP contribution < -0.4 is 15.2 Å². The molecule has 0 spiro atoms. The molecule has 0 saturated carbocycles. The highest BCUT2D eigenvalue weighted by molar-refractivity contribution is 6.30. The fourth-order valence-corrected chi connectivity index (χ4v) is 1.52. The van der Waals surface area contributed by atoms with Gasteiger partial charge < -0.3 is 15.2 Å². The van der Waals surface area contributed by atoms with Crippen LogP contribution in [0.15, 0.2) is 18.2 Å². The van der Waals surface area contributed by atoms with Gasteiger partial charge in [-0.3, -0.25) is 4.79 Å². The molecule has 1 aromatic carbocycles. The van der Waals surface area contributed by atoms with Crippen molar-refractivity contribution in [1.82, 2.24) is 0 Å². The third kappa shape index (κ3) is 1.99. The van der Waals surface area contributed by atoms with Crippen molar-refractivity contribution in [2.45, 2.75) is 5.38 Å². The van der Waals surface area contributed by atoms with Crippen LogP contribution in [0.1, 0.15) is 10.9 Å². The number of alkyl halides is 1. The highest BCUT2D eigenvalue weighted by Crippen LogP contribution is 2.33. The first-order valence-electron chi connectivity index (χ1n) is 4.51. The Morgan fingerprint density at radius 3 is 2.67 bits per heavy atom. The fraction of sp³-hybridized carbons (Fsp3) is 0.300. The molecule has 4 nitrogen and oxygen atoms in total. The summed E-state index contributed by atoms with van der Waals surface area (Å²) in [7, 11) is 0. The van der Waals surface area contributed by atoms with Gasteiger partial charge in [-0.15, -0.1) is 11.6 Å². The Bertz CT molecular complexity index is 394. The quantitative estimate of drug-likeness (QED) is 0.773. The smallest absolute Gasteiger partial charge is 0.240 e. The van der Waals surface area contributed by atoms with Gasteiger partial charge in [-0.05, 0) is 17.7 Å². The minimum atomic E-state index is -0.833. The number of carbonyl (C=O) groups excluding carboxylic acids is 1. The summed E-state index contributed by atoms with van der Waals surface area (Å²) in [6.07, 6.45) is 0. The van der Waals surface area contributed by atoms with Crippen molar-refractivity contribution in [2.24, 2.45) is 5.73 Å². The van der Waals surface area contributed by atoms with Gasteiger partial charge in [0, 0.05) is 0 Å². The van der Waals surface area contributed by atoms with Gasteiger partial charge in [0.1, 0.15) is 18.6 Å². The average Bonchev–Trinajstić information content (AvgIpc) is 2.27. The molecule has 2 rings (SSSR count). The van der Waals surface area contributed by atoms with Crippen molar-refractivity contribution in [3.8, 4) is 11.5 Å². The monoisotopic (exact) mass is 227 g/mol. The second kappa shape index (κ2) is 3.98. The van der Waals surface area contributed by atoms with Gasteiger partial charge >= 0.3 is 0 Å². The van der Waals surface area contributed by atoms with Crippen molar-refractivity contribution in [1.29, 1.82) is 0 Å². The van der Waals surface area contributed by atoms with Gasteiger partial charge in [0.15, 0.2) is 11.5 Å². The first kappa shape index (κ1) is 10.1. The third-order valence-electron chi connectivity index (χ3n) is 2.11. The second-order valence-corrected chi connectivity index (χ2v) is 3.60. The number of nitrogens with two attached hydrogens (primary N) is 1. The Labute approximate surface area is 91.9 Å². The molecule has 1 aliphatic rings. The van der Waals surface area contributed by atoms with E-state index >= 15 is 0 Å². The largest absolute Gasteiger partial charge is 0.486 e. The molecule has 2 N–H and O–H groups in total. The summed E-state index contributed by atoms with van der Waals surface area (Å²) in [4.78, 5) is 10.9. The van der Waals surface area contributed by atoms with Gasteiger partial charge in [0.2, 0.25) is 5.91 Å². The van der Waals surface area contributed by atoms with Crippen LogP contribution >= 0.6 is 11.6 Å². The summed E-state index contributed by atoms with van der Waals surface area (Å²) >= 11 is 5.81. The number of fused-ring (bicyclic) bond motifs is 1. The van der Waals surface area contributed by atoms with Crippen molar-refractivity contribution < 1.29 is 14.3 Å². The van der Waals surface area contributed by atoms with Crippen LogP contribution in [0.4, 0.5) is 0 Å². The topological polar surface area (TPSA) is 61.6 Å². The lowest BCUT2D eigenvalue weighted by Gasteiger charge is -2.19. The van der Waals surface area contributed by atoms with Crippen LogP contribution in [0, 0.1) is 0 Å². The fourth-order valence-electron chi connectivity index (χ4n) is 1.38. The number of primary amides is 1. The highest BCUT2D eigenvalue weighted by Gasteiger charge is 2.18. The second-order valence-electron chi connectivity index (χ2n) is 3.17. The van der Waals surface area contributed by atoms with Crippen LogP contribution in [0.2, 0.25) is 0 Å². The van der Waals surface area contributed by atoms with Crippen molar-refractivity contribution >= 4 is 17.5 Å². The minimum Gasteiger partial charge on any atom is -0.486 e. The van der Waals surface area contributed by atoms with Crippen molar-refractivity contribution in [2.75, 3.05) is 13.2 Å². The van der Waals surface area contributed by atoms with E-state index in [4.69, 9.17) is 26.8 Å². The molecule has 15 heavy (non-hydrogen) atoms. The lowest BCUT2D eigenvalue weighted by atomic mass is 10.1. The van der Waals surface area contributed by atoms with E-state index < -0.39 is 11.3 Å². The van der Waals surface area contributed by atoms with E-state index in [0.29, 0.717) is 30.3 Å². The zero-order valence-electron chi connectivity index (χ0n) is 7.90. The van der Waals surface area contributed by atoms with Gasteiger partial charge in [-0.2, -0.15) is 0 Å². The number of hydrogen-bond acceptors (Lipinski definition) is 3. The molecule has 0 saturated heterocycles. The number of halogens is 1. The maximum absolute atomic E-state index is 10.9. The van der Waals surface area contributed by atoms with Crippen LogP contribution in [-0.4, -0.2) is 19.1 Å². The molecule has 1 unspecified atom stereocenters. The van der Waals surface area contributed by atoms with E-state index in [1.165, 1.54) is 0 Å². The summed E-state index contributed by atoms with van der Waals surface area (Å²) in [5.41, 5.74) is 5.72. The lowest BCUT2D eigenvalue weighted by Crippen LogP contribution is -2.18. The first-order valence-corrected chi connectivity index (χ1v) is 4.95. The molecule has 0 bridgehead atoms. The molecule has 5 heteroatoms. The number of benzene rings is 1. The predicted molar refractivity (Wildman–Crippen MR) is 55.2 cm³/mol. The molecule has 0 fully saturated rings. The van der Waals surface area contributed by atoms with Gasteiger partial charge in [-0.1, -0.05) is 6.07 Å². The molecule has 80 valence electrons. The number of rotatable bonds is 2. The lowest BCUT2D eigenvalue weighted by molar-refractivity contribution is -0.117. The predicted octanol–water partition coefficient (Wildman–Crippen LogP) is 1.22. The zero-order valence-corrected chi connectivity index (χ0v) is 8.66. The Morgan fingerprint density at radius 2 is 2.00 bits per heavy atom. The number of amides is 1. The van der Waals surface area contributed by atoms with Crippen LogP contribution in [0.3, 0.4) is 0 Å². The Kier molecular flexibility index (Phi) is 2.68. The molecule has 1 amide bonds. The standard InChI is InChI=1S/C10H10ClNO3/c11-9(10(12)13)6-1-2-7-8(5-6)15-4-3-14-7/h1-2,5,9H,3-4H2,(H2,12,13). The number of hydrogen-bond donors (Lipinski definition) is 1. The molecule has 1 atom stereocenters. The minimum absolute atomic E-state index is 0.500. The van der Waals surface area contributed by atoms with E-state index in [-0.39, 0.29) is 0 Å². The summed E-state index contributed by atoms with van der Waals surface area (Å²) < 4.78 is 10.7. The molecule has 0 radical (unpaired) electrons. The van der Waals surface area contributed by atoms with Gasteiger partial charge in [0.05, 0.1) is 0 Å². The summed E-state index contributed by atoms with van der Waals surface area (Å²) in [5.74, 6) is 0.692. The summed E-state index contributed by atoms with van der Waals surface area (Å²) in [5, 5.41) is -0.833. The number of ether oxygens (including phenoxy) is 2. The van der Waals surface area contributed by atoms with Crippen LogP contribution in [-0.2, 0) is 4.79 Å². The molecular weight excluding hydrogens is 218 g/mol. The Morgan fingerprint density at radius 1 is 1.33 bits per heavy atom. The van der Waals surface area contributed by atoms with Crippen molar-refractivity contribution in [3.63, 3.8) is 0 Å². The van der Waals surface area contributed by atoms with Gasteiger partial charge in [0.25, 0.3) is 0 Å². The first-order chi connectivity index (χ1) is 7.18. The van der Waals surface area contributed by atoms with Gasteiger partial charge in [-0.25, -0.2) is 0 Å². The maximum atomic E-state index is 10.9. The normalized spacial score (nSPS) is 15.8. The van der Waals surface area contributed by atoms with Crippen LogP contribution in [0.5, 0.6) is 11.5 Å². The zero-order chi connectivity index (χ0) is 10.8. The van der Waals surface area contributed by atoms with E-state index in [0.717, 1.165) is 0 Å². The summed E-state index contributed by atoms with van der Waals surface area (Å²) in [6, 6.07) is 5.11. The molecule has 0 aliphatic carbocycles. The Hall–Kier alpha value is -1.42. The maximum Gasteiger partial charge on any atom is 0.240 e. The highest BCUT2D eigenvalue weighted by atomic mass is 35.5. The molecule has 1 aromatic rings. The van der Waals surface area contributed by atoms with E-state index in [2.05, 4.69) is 0 Å². The number of carbonyl (C=O) groups is 1. The molecule has 1 aliphatic heterocycles. The van der Waals surface area contributed by atoms with E-state index in [1.54, 1.807) is 18.2 Å². The van der Waals surface area contributed by atoms with E-state index in [9.17, 15) is 4.79 Å². The molecule has 1 heterocycles. The molecule has 0 aromatic heterocycles. The third-order valence-corrected chi connectivity index (χ3v) is 2.58. The van der Waals surface area contributed by atoms with Crippen molar-refractivity contribution in [3.05, 3.63) is 23.8 Å². The summed E-state index contributed by atoms with van der Waals surface area (Å²) in [6.45, 7) is 1.03. The van der Waals surface area contributed by atoms with Crippen LogP contribution in [0.25, 0.3) is 0 Å². The SMILES string of the molecule is NC(=O)C(Cl)c1ccc2c(c1)OCCO2. The average molecular weight is 228 g/mol. The molecular formula is C10H10ClNO3.